The Labute approximate surface area is 887 Å². The molecule has 6 nitrogen and oxygen atoms in total. The SMILES string of the molecule is [2H]c1nc(-c2[c-]cc(-c3ccccc3-c3cc(-c4ccccc4-c4c[c-]c(-c5cc(C([2H])([2H])[2H])c(-c6ccccc6)cn5)cc4)cc(-c4ccccc4-c4c[c-]c(-c5cc(C([2H])([2H])[2H])c(-c6ccccc6)cn5)cc4)c3)cc2)cc(-c2[c-]cc(-c3ccccc3-c3cc(-c4ccccc4-c4c[c-]c(-c5cc(C([2H])([2H])[2H])c(-c6ccccc6)cn5)cc4)cc(-c4ccccc4-c4c[c-]c(-c5cc(C([2H])([2H])[2H])c(-c6ccccc6)cn5)cc4)c3)cc2)n1.[Ir+3].[Ir+3]. The summed E-state index contributed by atoms with van der Waals surface area (Å²) in [6.07, 6.45) is 6.37. The molecule has 0 fully saturated rings. The van der Waals surface area contributed by atoms with Crippen LogP contribution < -0.4 is 0 Å². The molecule has 144 heavy (non-hydrogen) atoms. The van der Waals surface area contributed by atoms with Gasteiger partial charge in [0.25, 0.3) is 0 Å². The third-order valence-corrected chi connectivity index (χ3v) is 26.3. The Hall–Kier alpha value is -17.1. The quantitative estimate of drug-likeness (QED) is 0.0629. The van der Waals surface area contributed by atoms with Gasteiger partial charge in [0.2, 0.25) is 0 Å². The van der Waals surface area contributed by atoms with Crippen molar-refractivity contribution in [1.29, 1.82) is 0 Å². The fourth-order valence-electron chi connectivity index (χ4n) is 19.0. The van der Waals surface area contributed by atoms with E-state index in [2.05, 4.69) is 158 Å². The summed E-state index contributed by atoms with van der Waals surface area (Å²) in [6.45, 7) is -9.66. The Balaban J connectivity index is 0.00000712. The fourth-order valence-corrected chi connectivity index (χ4v) is 19.0. The van der Waals surface area contributed by atoms with Crippen LogP contribution in [0.4, 0.5) is 0 Å². The summed E-state index contributed by atoms with van der Waals surface area (Å²) >= 11 is 0. The molecule has 0 bridgehead atoms. The maximum Gasteiger partial charge on any atom is 3.00 e. The van der Waals surface area contributed by atoms with Crippen LogP contribution in [0, 0.1) is 63.8 Å². The Kier molecular flexibility index (Phi) is 22.8. The maximum atomic E-state index is 9.19. The number of aryl methyl sites for hydroxylation is 4. The van der Waals surface area contributed by atoms with Crippen LogP contribution in [0.2, 0.25) is 0 Å². The molecule has 682 valence electrons. The van der Waals surface area contributed by atoms with Gasteiger partial charge < -0.3 is 19.9 Å². The summed E-state index contributed by atoms with van der Waals surface area (Å²) in [5.74, 6) is 0. The molecule has 0 amide bonds. The number of nitrogens with zero attached hydrogens (tertiary/aromatic N) is 6. The van der Waals surface area contributed by atoms with Crippen LogP contribution in [0.1, 0.15) is 40.1 Å². The summed E-state index contributed by atoms with van der Waals surface area (Å²) in [4.78, 5) is 28.7. The number of hydrogen-bond acceptors (Lipinski definition) is 6. The Morgan fingerprint density at radius 2 is 0.326 bits per heavy atom. The first-order valence-electron chi connectivity index (χ1n) is 53.4. The summed E-state index contributed by atoms with van der Waals surface area (Å²) in [6, 6.07) is 166. The molecule has 8 heteroatoms. The average Bonchev–Trinajstić information content (AvgIpc) is 0.753. The van der Waals surface area contributed by atoms with Crippen molar-refractivity contribution in [3.8, 4) is 246 Å². The zero-order chi connectivity index (χ0) is 106. The third kappa shape index (κ3) is 19.3. The number of aromatic nitrogens is 6. The van der Waals surface area contributed by atoms with Gasteiger partial charge in [0.1, 0.15) is 1.37 Å². The average molecular weight is 2210 g/mol. The van der Waals surface area contributed by atoms with Crippen LogP contribution in [0.25, 0.3) is 246 Å². The number of pyridine rings is 4. The van der Waals surface area contributed by atoms with Gasteiger partial charge in [0.05, 0.1) is 6.30 Å². The topological polar surface area (TPSA) is 77.3 Å². The molecule has 0 aliphatic rings. The van der Waals surface area contributed by atoms with Crippen molar-refractivity contribution in [2.75, 3.05) is 0 Å². The molecule has 0 radical (unpaired) electrons. The minimum absolute atomic E-state index is 0. The Morgan fingerprint density at radius 3 is 0.493 bits per heavy atom. The van der Waals surface area contributed by atoms with Gasteiger partial charge in [-0.15, -0.1) is 179 Å². The molecule has 5 heterocycles. The van der Waals surface area contributed by atoms with E-state index in [1.165, 1.54) is 0 Å². The summed E-state index contributed by atoms with van der Waals surface area (Å²) in [7, 11) is 0. The van der Waals surface area contributed by atoms with E-state index < -0.39 is 27.4 Å². The minimum atomic E-state index is -2.42. The van der Waals surface area contributed by atoms with Crippen molar-refractivity contribution >= 4 is 0 Å². The summed E-state index contributed by atoms with van der Waals surface area (Å²) in [5.41, 5.74) is 34.9. The van der Waals surface area contributed by atoms with E-state index >= 15 is 0 Å². The number of benzene rings is 18. The molecule has 0 saturated heterocycles. The van der Waals surface area contributed by atoms with E-state index in [0.717, 1.165) is 156 Å². The second-order valence-electron chi connectivity index (χ2n) is 35.0. The predicted molar refractivity (Wildman–Crippen MR) is 585 cm³/mol. The number of hydrogen-bond donors (Lipinski definition) is 0. The molecule has 5 aromatic heterocycles. The van der Waals surface area contributed by atoms with Gasteiger partial charge in [0, 0.05) is 63.5 Å². The van der Waals surface area contributed by atoms with Gasteiger partial charge in [-0.25, -0.2) is 0 Å². The van der Waals surface area contributed by atoms with Crippen molar-refractivity contribution in [3.63, 3.8) is 0 Å². The predicted octanol–water partition coefficient (Wildman–Crippen LogP) is 34.8. The molecule has 0 unspecified atom stereocenters. The van der Waals surface area contributed by atoms with Crippen LogP contribution in [0.15, 0.2) is 474 Å². The Morgan fingerprint density at radius 1 is 0.160 bits per heavy atom. The normalized spacial score (nSPS) is 12.8. The van der Waals surface area contributed by atoms with Crippen LogP contribution >= 0.6 is 0 Å². The van der Waals surface area contributed by atoms with E-state index in [4.69, 9.17) is 46.4 Å². The van der Waals surface area contributed by atoms with Crippen molar-refractivity contribution in [1.82, 2.24) is 29.9 Å². The second-order valence-corrected chi connectivity index (χ2v) is 35.0. The molecule has 0 saturated carbocycles. The van der Waals surface area contributed by atoms with Gasteiger partial charge in [-0.1, -0.05) is 364 Å². The van der Waals surface area contributed by atoms with E-state index in [0.29, 0.717) is 89.8 Å². The smallest absolute Gasteiger partial charge is 0.304 e. The van der Waals surface area contributed by atoms with E-state index in [1.54, 1.807) is 49.1 Å². The van der Waals surface area contributed by atoms with E-state index in [9.17, 15) is 1.37 Å². The first-order valence-corrected chi connectivity index (χ1v) is 46.9. The zero-order valence-corrected chi connectivity index (χ0v) is 82.1. The van der Waals surface area contributed by atoms with Gasteiger partial charge in [0.15, 0.2) is 0 Å². The van der Waals surface area contributed by atoms with E-state index in [1.807, 2.05) is 297 Å². The van der Waals surface area contributed by atoms with Crippen LogP contribution in [0.5, 0.6) is 0 Å². The largest absolute Gasteiger partial charge is 3.00 e. The van der Waals surface area contributed by atoms with Crippen LogP contribution in [-0.2, 0) is 40.2 Å². The molecular formula is C136H90Ir2N6. The van der Waals surface area contributed by atoms with E-state index in [-0.39, 0.29) is 68.8 Å². The summed E-state index contributed by atoms with van der Waals surface area (Å²) < 4.78 is 112. The molecular weight excluding hydrogens is 2100 g/mol. The zero-order valence-electron chi connectivity index (χ0n) is 90.3. The molecule has 23 aromatic rings. The van der Waals surface area contributed by atoms with Gasteiger partial charge in [-0.05, 0) is 209 Å². The van der Waals surface area contributed by atoms with Crippen molar-refractivity contribution in [2.45, 2.75) is 27.4 Å². The molecule has 23 rings (SSSR count). The third-order valence-electron chi connectivity index (χ3n) is 26.3. The standard InChI is InChI=1S/C136H90N6.2Ir/c1-89-73-131(137-84-127(89)93-29-9-5-10-30-93)103-61-49-97(50-62-103)115-37-17-23-43-121(115)109-77-110(122-44-24-18-38-116(122)98-51-63-104(64-52-98)132-74-90(2)128(85-138-132)94-31-11-6-12-32-94)80-113(79-109)125-47-27-21-41-119(125)101-57-69-107(70-58-101)135-83-136(142-88-141-135)108-71-59-102(60-72-108)120-42-22-28-48-126(120)114-81-111(123-45-25-19-39-117(123)99-53-65-105(66-54-99)133-75-91(3)129(86-139-133)95-33-13-7-14-34-95)78-112(82-114)124-46-26-20-40-118(124)100-55-67-106(68-56-100)134-76-92(4)130(87-140-134)96-35-15-8-16-36-96;;/h5-61,63,65,67,69,71,73-88H,1-4H3;;/q-6;2*+3/i1D3,2D3,3D3,4D3,88D;;. The molecule has 0 N–H and O–H groups in total. The fraction of sp³-hybridized carbons (Fsp3) is 0.0294. The summed E-state index contributed by atoms with van der Waals surface area (Å²) in [5, 5.41) is 0. The van der Waals surface area contributed by atoms with Crippen LogP contribution in [-0.4, -0.2) is 29.9 Å². The molecule has 0 aliphatic heterocycles. The van der Waals surface area contributed by atoms with Crippen LogP contribution in [0.3, 0.4) is 0 Å². The minimum Gasteiger partial charge on any atom is -0.304 e. The van der Waals surface area contributed by atoms with Gasteiger partial charge >= 0.3 is 40.2 Å². The van der Waals surface area contributed by atoms with Gasteiger partial charge in [-0.3, -0.25) is 9.97 Å². The first-order chi connectivity index (χ1) is 75.2. The number of rotatable bonds is 22. The Bertz CT molecular complexity index is 8260. The first kappa shape index (κ1) is 78.7. The molecule has 0 atom stereocenters. The second kappa shape index (κ2) is 41.8. The maximum absolute atomic E-state index is 9.19. The van der Waals surface area contributed by atoms with Crippen molar-refractivity contribution < 1.29 is 58.0 Å². The molecule has 18 aromatic carbocycles. The van der Waals surface area contributed by atoms with Gasteiger partial charge in [-0.2, -0.15) is 0 Å². The molecule has 0 aliphatic carbocycles. The van der Waals surface area contributed by atoms with Crippen molar-refractivity contribution in [3.05, 3.63) is 533 Å². The molecule has 0 spiro atoms. The monoisotopic (exact) mass is 2210 g/mol. The van der Waals surface area contributed by atoms with Crippen molar-refractivity contribution in [2.24, 2.45) is 0 Å².